The second-order valence-corrected chi connectivity index (χ2v) is 10.9. The third-order valence-electron chi connectivity index (χ3n) is 8.45. The Kier molecular flexibility index (Phi) is 5.90. The summed E-state index contributed by atoms with van der Waals surface area (Å²) in [7, 11) is 0. The number of fused-ring (bicyclic) bond motifs is 3. The van der Waals surface area contributed by atoms with Gasteiger partial charge in [-0.25, -0.2) is 0 Å². The van der Waals surface area contributed by atoms with Gasteiger partial charge in [-0.05, 0) is 89.0 Å². The molecule has 0 saturated carbocycles. The fourth-order valence-electron chi connectivity index (χ4n) is 6.53. The molecule has 0 unspecified atom stereocenters. The topological polar surface area (TPSA) is 0 Å². The predicted octanol–water partition coefficient (Wildman–Crippen LogP) is 11.8. The minimum absolute atomic E-state index is 1.22. The Labute approximate surface area is 246 Å². The van der Waals surface area contributed by atoms with Crippen molar-refractivity contribution in [2.45, 2.75) is 0 Å². The molecule has 0 amide bonds. The molecule has 0 spiro atoms. The summed E-state index contributed by atoms with van der Waals surface area (Å²) in [5.74, 6) is 0. The predicted molar refractivity (Wildman–Crippen MR) is 181 cm³/mol. The summed E-state index contributed by atoms with van der Waals surface area (Å²) < 4.78 is 0. The van der Waals surface area contributed by atoms with Crippen LogP contribution in [-0.4, -0.2) is 0 Å². The monoisotopic (exact) mass is 532 g/mol. The van der Waals surface area contributed by atoms with Gasteiger partial charge in [-0.15, -0.1) is 0 Å². The number of hydrogen-bond donors (Lipinski definition) is 0. The molecule has 0 radical (unpaired) electrons. The summed E-state index contributed by atoms with van der Waals surface area (Å²) in [5.41, 5.74) is 9.97. The maximum absolute atomic E-state index is 2.42. The SMILES string of the molecule is c1ccc(-c2cccc(-c3c4ccccc4c(-c4ccccc4)c4ccc(-c5cccc6ccccc56)cc34)c2)cc1. The van der Waals surface area contributed by atoms with E-state index < -0.39 is 0 Å². The molecule has 8 rings (SSSR count). The summed E-state index contributed by atoms with van der Waals surface area (Å²) in [5, 5.41) is 7.61. The molecule has 8 aromatic rings. The Hall–Kier alpha value is -5.46. The lowest BCUT2D eigenvalue weighted by Crippen LogP contribution is -1.92. The molecule has 0 saturated heterocycles. The van der Waals surface area contributed by atoms with Gasteiger partial charge < -0.3 is 0 Å². The maximum atomic E-state index is 2.42. The van der Waals surface area contributed by atoms with E-state index in [0.717, 1.165) is 0 Å². The average Bonchev–Trinajstić information content (AvgIpc) is 3.07. The quantitative estimate of drug-likeness (QED) is 0.198. The minimum atomic E-state index is 1.22. The van der Waals surface area contributed by atoms with Gasteiger partial charge in [0.2, 0.25) is 0 Å². The Morgan fingerprint density at radius 3 is 1.52 bits per heavy atom. The largest absolute Gasteiger partial charge is 0.0622 e. The van der Waals surface area contributed by atoms with Crippen molar-refractivity contribution in [3.8, 4) is 44.5 Å². The van der Waals surface area contributed by atoms with Crippen LogP contribution in [0, 0.1) is 0 Å². The highest BCUT2D eigenvalue weighted by Gasteiger charge is 2.18. The lowest BCUT2D eigenvalue weighted by molar-refractivity contribution is 1.61. The van der Waals surface area contributed by atoms with Crippen LogP contribution in [0.5, 0.6) is 0 Å². The van der Waals surface area contributed by atoms with Crippen molar-refractivity contribution in [3.63, 3.8) is 0 Å². The number of rotatable bonds is 4. The van der Waals surface area contributed by atoms with Crippen LogP contribution in [0.15, 0.2) is 170 Å². The van der Waals surface area contributed by atoms with Gasteiger partial charge >= 0.3 is 0 Å². The van der Waals surface area contributed by atoms with Crippen molar-refractivity contribution in [1.29, 1.82) is 0 Å². The van der Waals surface area contributed by atoms with Crippen LogP contribution in [0.1, 0.15) is 0 Å². The van der Waals surface area contributed by atoms with Gasteiger partial charge in [-0.1, -0.05) is 158 Å². The second kappa shape index (κ2) is 10.2. The van der Waals surface area contributed by atoms with Crippen molar-refractivity contribution < 1.29 is 0 Å². The van der Waals surface area contributed by atoms with Crippen LogP contribution >= 0.6 is 0 Å². The molecule has 0 atom stereocenters. The van der Waals surface area contributed by atoms with Gasteiger partial charge in [0.05, 0.1) is 0 Å². The molecule has 0 aromatic heterocycles. The van der Waals surface area contributed by atoms with E-state index in [1.807, 2.05) is 0 Å². The first-order chi connectivity index (χ1) is 20.8. The van der Waals surface area contributed by atoms with Crippen molar-refractivity contribution >= 4 is 32.3 Å². The van der Waals surface area contributed by atoms with Gasteiger partial charge in [0.1, 0.15) is 0 Å². The van der Waals surface area contributed by atoms with E-state index in [-0.39, 0.29) is 0 Å². The molecule has 0 aliphatic carbocycles. The third kappa shape index (κ3) is 4.08. The van der Waals surface area contributed by atoms with Crippen LogP contribution in [0.25, 0.3) is 76.8 Å². The second-order valence-electron chi connectivity index (χ2n) is 10.9. The van der Waals surface area contributed by atoms with Gasteiger partial charge in [-0.2, -0.15) is 0 Å². The zero-order chi connectivity index (χ0) is 27.9. The Balaban J connectivity index is 1.49. The summed E-state index contributed by atoms with van der Waals surface area (Å²) in [6.45, 7) is 0. The molecule has 0 heterocycles. The minimum Gasteiger partial charge on any atom is -0.0622 e. The molecular formula is C42H28. The standard InChI is InChI=1S/C42H28/c1-3-13-29(14-4-1)32-19-11-20-34(27-32)42-38-23-10-9-22-37(38)41(31-16-5-2-6-17-31)39-26-25-33(28-40(39)42)36-24-12-18-30-15-7-8-21-35(30)36/h1-28H. The Morgan fingerprint density at radius 2 is 0.762 bits per heavy atom. The van der Waals surface area contributed by atoms with E-state index >= 15 is 0 Å². The molecule has 0 nitrogen and oxygen atoms in total. The van der Waals surface area contributed by atoms with Crippen LogP contribution < -0.4 is 0 Å². The molecule has 8 aromatic carbocycles. The summed E-state index contributed by atoms with van der Waals surface area (Å²) >= 11 is 0. The first-order valence-electron chi connectivity index (χ1n) is 14.5. The molecule has 196 valence electrons. The van der Waals surface area contributed by atoms with Crippen LogP contribution in [0.2, 0.25) is 0 Å². The first kappa shape index (κ1) is 24.3. The van der Waals surface area contributed by atoms with Crippen molar-refractivity contribution in [2.75, 3.05) is 0 Å². The molecule has 0 aliphatic heterocycles. The summed E-state index contributed by atoms with van der Waals surface area (Å²) in [6.07, 6.45) is 0. The van der Waals surface area contributed by atoms with Crippen molar-refractivity contribution in [2.24, 2.45) is 0 Å². The van der Waals surface area contributed by atoms with Gasteiger partial charge in [0, 0.05) is 0 Å². The zero-order valence-corrected chi connectivity index (χ0v) is 23.2. The van der Waals surface area contributed by atoms with Gasteiger partial charge in [-0.3, -0.25) is 0 Å². The van der Waals surface area contributed by atoms with Crippen molar-refractivity contribution in [3.05, 3.63) is 170 Å². The molecule has 0 N–H and O–H groups in total. The molecular weight excluding hydrogens is 504 g/mol. The highest BCUT2D eigenvalue weighted by Crippen LogP contribution is 2.45. The van der Waals surface area contributed by atoms with Crippen LogP contribution in [0.3, 0.4) is 0 Å². The maximum Gasteiger partial charge on any atom is -0.00259 e. The molecule has 0 bridgehead atoms. The lowest BCUT2D eigenvalue weighted by atomic mass is 9.84. The smallest absolute Gasteiger partial charge is 0.00259 e. The van der Waals surface area contributed by atoms with Gasteiger partial charge in [0.15, 0.2) is 0 Å². The van der Waals surface area contributed by atoms with E-state index in [9.17, 15) is 0 Å². The lowest BCUT2D eigenvalue weighted by Gasteiger charge is -2.19. The van der Waals surface area contributed by atoms with Gasteiger partial charge in [0.25, 0.3) is 0 Å². The van der Waals surface area contributed by atoms with E-state index in [1.165, 1.54) is 76.8 Å². The fourth-order valence-corrected chi connectivity index (χ4v) is 6.53. The number of benzene rings is 8. The molecule has 42 heavy (non-hydrogen) atoms. The third-order valence-corrected chi connectivity index (χ3v) is 8.45. The highest BCUT2D eigenvalue weighted by atomic mass is 14.2. The fraction of sp³-hybridized carbons (Fsp3) is 0. The van der Waals surface area contributed by atoms with Crippen LogP contribution in [-0.2, 0) is 0 Å². The molecule has 0 aliphatic rings. The summed E-state index contributed by atoms with van der Waals surface area (Å²) in [6, 6.07) is 61.8. The Bertz CT molecular complexity index is 2220. The normalized spacial score (nSPS) is 11.3. The van der Waals surface area contributed by atoms with E-state index in [4.69, 9.17) is 0 Å². The number of hydrogen-bond acceptors (Lipinski definition) is 0. The average molecular weight is 533 g/mol. The van der Waals surface area contributed by atoms with Crippen molar-refractivity contribution in [1.82, 2.24) is 0 Å². The molecule has 0 fully saturated rings. The Morgan fingerprint density at radius 1 is 0.238 bits per heavy atom. The first-order valence-corrected chi connectivity index (χ1v) is 14.5. The summed E-state index contributed by atoms with van der Waals surface area (Å²) in [4.78, 5) is 0. The van der Waals surface area contributed by atoms with E-state index in [0.29, 0.717) is 0 Å². The molecule has 0 heteroatoms. The van der Waals surface area contributed by atoms with Crippen LogP contribution in [0.4, 0.5) is 0 Å². The highest BCUT2D eigenvalue weighted by molar-refractivity contribution is 6.22. The van der Waals surface area contributed by atoms with E-state index in [1.54, 1.807) is 0 Å². The zero-order valence-electron chi connectivity index (χ0n) is 23.2. The van der Waals surface area contributed by atoms with E-state index in [2.05, 4.69) is 170 Å².